The lowest BCUT2D eigenvalue weighted by atomic mass is 9.95. The highest BCUT2D eigenvalue weighted by atomic mass is 35.5. The molecule has 0 radical (unpaired) electrons. The topological polar surface area (TPSA) is 76.4 Å². The third-order valence-electron chi connectivity index (χ3n) is 5.10. The number of hydrogen-bond acceptors (Lipinski definition) is 4. The fourth-order valence-corrected chi connectivity index (χ4v) is 3.86. The Morgan fingerprint density at radius 1 is 1.30 bits per heavy atom. The number of benzene rings is 1. The first-order valence-corrected chi connectivity index (χ1v) is 9.87. The molecule has 0 amide bonds. The molecule has 2 heterocycles. The summed E-state index contributed by atoms with van der Waals surface area (Å²) < 4.78 is 7.70. The van der Waals surface area contributed by atoms with Crippen LogP contribution in [0, 0.1) is 5.92 Å². The molecule has 1 saturated carbocycles. The third kappa shape index (κ3) is 4.14. The van der Waals surface area contributed by atoms with E-state index in [9.17, 15) is 9.90 Å². The van der Waals surface area contributed by atoms with Gasteiger partial charge in [-0.2, -0.15) is 5.10 Å². The van der Waals surface area contributed by atoms with Crippen LogP contribution in [0.25, 0.3) is 0 Å². The number of halogens is 2. The molecule has 2 aromatic rings. The molecule has 2 atom stereocenters. The predicted octanol–water partition coefficient (Wildman–Crippen LogP) is 3.74. The molecule has 2 fully saturated rings. The van der Waals surface area contributed by atoms with E-state index in [4.69, 9.17) is 27.9 Å². The molecule has 1 aliphatic heterocycles. The monoisotopic (exact) mass is 409 g/mol. The molecule has 6 nitrogen and oxygen atoms in total. The minimum atomic E-state index is -0.956. The van der Waals surface area contributed by atoms with Gasteiger partial charge in [0.25, 0.3) is 0 Å². The van der Waals surface area contributed by atoms with Crippen molar-refractivity contribution >= 4 is 29.2 Å². The number of ether oxygens (including phenoxy) is 1. The SMILES string of the molecule is O=C(O)c1cc(C2CC2)nn1C[C@@H]1CNCCO[C@H]1c1ccc(Cl)c(Cl)c1. The van der Waals surface area contributed by atoms with Crippen molar-refractivity contribution in [3.63, 3.8) is 0 Å². The lowest BCUT2D eigenvalue weighted by Gasteiger charge is -2.26. The Morgan fingerprint density at radius 2 is 2.11 bits per heavy atom. The Hall–Kier alpha value is -1.60. The largest absolute Gasteiger partial charge is 0.477 e. The smallest absolute Gasteiger partial charge is 0.354 e. The molecule has 1 aromatic heterocycles. The van der Waals surface area contributed by atoms with E-state index in [2.05, 4.69) is 10.4 Å². The number of rotatable bonds is 5. The van der Waals surface area contributed by atoms with Crippen LogP contribution in [0.4, 0.5) is 0 Å². The summed E-state index contributed by atoms with van der Waals surface area (Å²) in [5, 5.41) is 18.5. The van der Waals surface area contributed by atoms with Crippen LogP contribution in [0.3, 0.4) is 0 Å². The maximum absolute atomic E-state index is 11.7. The fraction of sp³-hybridized carbons (Fsp3) is 0.474. The maximum atomic E-state index is 11.7. The zero-order chi connectivity index (χ0) is 19.0. The minimum Gasteiger partial charge on any atom is -0.477 e. The average Bonchev–Trinajstić information content (AvgIpc) is 3.43. The summed E-state index contributed by atoms with van der Waals surface area (Å²) in [5.41, 5.74) is 2.04. The summed E-state index contributed by atoms with van der Waals surface area (Å²) >= 11 is 12.2. The van der Waals surface area contributed by atoms with Crippen LogP contribution in [0.1, 0.15) is 46.6 Å². The van der Waals surface area contributed by atoms with E-state index < -0.39 is 5.97 Å². The lowest BCUT2D eigenvalue weighted by molar-refractivity contribution is 0.0236. The van der Waals surface area contributed by atoms with Crippen molar-refractivity contribution in [3.8, 4) is 0 Å². The van der Waals surface area contributed by atoms with Gasteiger partial charge in [-0.05, 0) is 36.6 Å². The summed E-state index contributed by atoms with van der Waals surface area (Å²) in [5.74, 6) is -0.545. The van der Waals surface area contributed by atoms with Crippen molar-refractivity contribution in [3.05, 3.63) is 51.3 Å². The lowest BCUT2D eigenvalue weighted by Crippen LogP contribution is -2.29. The number of carbonyl (C=O) groups is 1. The van der Waals surface area contributed by atoms with Gasteiger partial charge in [-0.15, -0.1) is 0 Å². The number of hydrogen-bond donors (Lipinski definition) is 2. The molecule has 1 aromatic carbocycles. The Bertz CT molecular complexity index is 851. The second kappa shape index (κ2) is 7.80. The summed E-state index contributed by atoms with van der Waals surface area (Å²) in [7, 11) is 0. The number of nitrogens with zero attached hydrogens (tertiary/aromatic N) is 2. The van der Waals surface area contributed by atoms with Gasteiger partial charge >= 0.3 is 5.97 Å². The van der Waals surface area contributed by atoms with Crippen LogP contribution in [0.15, 0.2) is 24.3 Å². The zero-order valence-electron chi connectivity index (χ0n) is 14.7. The van der Waals surface area contributed by atoms with Gasteiger partial charge in [-0.3, -0.25) is 4.68 Å². The van der Waals surface area contributed by atoms with Crippen LogP contribution in [0.5, 0.6) is 0 Å². The molecule has 0 unspecified atom stereocenters. The molecule has 144 valence electrons. The molecule has 2 N–H and O–H groups in total. The van der Waals surface area contributed by atoms with Crippen LogP contribution in [-0.2, 0) is 11.3 Å². The molecule has 4 rings (SSSR count). The molecule has 0 bridgehead atoms. The molecule has 1 aliphatic carbocycles. The van der Waals surface area contributed by atoms with Crippen molar-refractivity contribution in [2.45, 2.75) is 31.4 Å². The van der Waals surface area contributed by atoms with Gasteiger partial charge in [0, 0.05) is 31.5 Å². The van der Waals surface area contributed by atoms with E-state index in [0.717, 1.165) is 30.6 Å². The molecule has 27 heavy (non-hydrogen) atoms. The maximum Gasteiger partial charge on any atom is 0.354 e. The van der Waals surface area contributed by atoms with Gasteiger partial charge < -0.3 is 15.2 Å². The van der Waals surface area contributed by atoms with E-state index in [1.165, 1.54) is 0 Å². The van der Waals surface area contributed by atoms with Gasteiger partial charge in [0.05, 0.1) is 28.5 Å². The molecular formula is C19H21Cl2N3O3. The van der Waals surface area contributed by atoms with Gasteiger partial charge in [-0.25, -0.2) is 4.79 Å². The highest BCUT2D eigenvalue weighted by molar-refractivity contribution is 6.42. The molecule has 2 aliphatic rings. The first-order chi connectivity index (χ1) is 13.0. The summed E-state index contributed by atoms with van der Waals surface area (Å²) in [6.07, 6.45) is 1.94. The highest BCUT2D eigenvalue weighted by Gasteiger charge is 2.32. The van der Waals surface area contributed by atoms with E-state index >= 15 is 0 Å². The quantitative estimate of drug-likeness (QED) is 0.786. The summed E-state index contributed by atoms with van der Waals surface area (Å²) in [6.45, 7) is 2.46. The van der Waals surface area contributed by atoms with E-state index in [-0.39, 0.29) is 17.7 Å². The molecular weight excluding hydrogens is 389 g/mol. The predicted molar refractivity (Wildman–Crippen MR) is 103 cm³/mol. The van der Waals surface area contributed by atoms with E-state index in [1.807, 2.05) is 12.1 Å². The summed E-state index contributed by atoms with van der Waals surface area (Å²) in [6, 6.07) is 7.20. The Labute approximate surface area is 167 Å². The second-order valence-corrected chi connectivity index (χ2v) is 7.96. The summed E-state index contributed by atoms with van der Waals surface area (Å²) in [4.78, 5) is 11.7. The van der Waals surface area contributed by atoms with E-state index in [1.54, 1.807) is 16.8 Å². The number of carboxylic acid groups (broad SMARTS) is 1. The van der Waals surface area contributed by atoms with Crippen LogP contribution in [-0.4, -0.2) is 40.6 Å². The fourth-order valence-electron chi connectivity index (χ4n) is 3.56. The number of aromatic carboxylic acids is 1. The van der Waals surface area contributed by atoms with Gasteiger partial charge in [0.1, 0.15) is 5.69 Å². The zero-order valence-corrected chi connectivity index (χ0v) is 16.2. The molecule has 8 heteroatoms. The molecule has 1 saturated heterocycles. The number of nitrogens with one attached hydrogen (secondary N) is 1. The van der Waals surface area contributed by atoms with Crippen molar-refractivity contribution in [1.29, 1.82) is 0 Å². The minimum absolute atomic E-state index is 0.00907. The van der Waals surface area contributed by atoms with Crippen LogP contribution >= 0.6 is 23.2 Å². The Balaban J connectivity index is 1.63. The van der Waals surface area contributed by atoms with Gasteiger partial charge in [0.2, 0.25) is 0 Å². The van der Waals surface area contributed by atoms with Crippen molar-refractivity contribution in [1.82, 2.24) is 15.1 Å². The van der Waals surface area contributed by atoms with Crippen molar-refractivity contribution < 1.29 is 14.6 Å². The van der Waals surface area contributed by atoms with Crippen molar-refractivity contribution in [2.75, 3.05) is 19.7 Å². The number of aromatic nitrogens is 2. The number of carboxylic acids is 1. The van der Waals surface area contributed by atoms with Gasteiger partial charge in [0.15, 0.2) is 0 Å². The third-order valence-corrected chi connectivity index (χ3v) is 5.84. The Morgan fingerprint density at radius 3 is 2.81 bits per heavy atom. The average molecular weight is 410 g/mol. The Kier molecular flexibility index (Phi) is 5.41. The van der Waals surface area contributed by atoms with Crippen molar-refractivity contribution in [2.24, 2.45) is 5.92 Å². The first kappa shape index (κ1) is 18.7. The highest BCUT2D eigenvalue weighted by Crippen LogP contribution is 2.40. The second-order valence-electron chi connectivity index (χ2n) is 7.15. The van der Waals surface area contributed by atoms with Crippen LogP contribution < -0.4 is 5.32 Å². The standard InChI is InChI=1S/C19H21Cl2N3O3/c20-14-4-3-12(7-15(14)21)18-13(9-22-5-6-27-18)10-24-17(19(25)26)8-16(23-24)11-1-2-11/h3-4,7-8,11,13,18,22H,1-2,5-6,9-10H2,(H,25,26)/t13-,18-/m0/s1. The normalized spacial score (nSPS) is 23.2. The molecule has 0 spiro atoms. The van der Waals surface area contributed by atoms with E-state index in [0.29, 0.717) is 35.7 Å². The first-order valence-electron chi connectivity index (χ1n) is 9.11. The van der Waals surface area contributed by atoms with Crippen LogP contribution in [0.2, 0.25) is 10.0 Å². The van der Waals surface area contributed by atoms with Gasteiger partial charge in [-0.1, -0.05) is 29.3 Å².